The van der Waals surface area contributed by atoms with E-state index in [-0.39, 0.29) is 11.9 Å². The lowest BCUT2D eigenvalue weighted by atomic mass is 9.98. The van der Waals surface area contributed by atoms with Crippen molar-refractivity contribution in [2.75, 3.05) is 6.54 Å². The predicted octanol–water partition coefficient (Wildman–Crippen LogP) is 3.12. The van der Waals surface area contributed by atoms with Crippen LogP contribution in [-0.4, -0.2) is 32.1 Å². The number of piperidine rings is 1. The van der Waals surface area contributed by atoms with Crippen molar-refractivity contribution in [2.24, 2.45) is 7.05 Å². The van der Waals surface area contributed by atoms with Gasteiger partial charge in [-0.15, -0.1) is 21.5 Å². The largest absolute Gasteiger partial charge is 0.328 e. The van der Waals surface area contributed by atoms with E-state index in [2.05, 4.69) is 16.3 Å². The summed E-state index contributed by atoms with van der Waals surface area (Å²) in [5, 5.41) is 8.25. The normalized spacial score (nSPS) is 21.3. The van der Waals surface area contributed by atoms with Gasteiger partial charge >= 0.3 is 0 Å². The Bertz CT molecular complexity index is 697. The summed E-state index contributed by atoms with van der Waals surface area (Å²) in [5.74, 6) is 1.08. The number of hydrogen-bond acceptors (Lipinski definition) is 4. The van der Waals surface area contributed by atoms with Gasteiger partial charge in [0.15, 0.2) is 5.82 Å². The molecular weight excluding hydrogens is 308 g/mol. The molecule has 0 spiro atoms. The fourth-order valence-corrected chi connectivity index (χ4v) is 4.98. The van der Waals surface area contributed by atoms with Crippen LogP contribution >= 0.6 is 11.3 Å². The molecule has 6 heteroatoms. The van der Waals surface area contributed by atoms with E-state index >= 15 is 0 Å². The minimum absolute atomic E-state index is 0.0582. The van der Waals surface area contributed by atoms with Crippen LogP contribution in [0.5, 0.6) is 0 Å². The first-order valence-corrected chi connectivity index (χ1v) is 9.32. The Kier molecular flexibility index (Phi) is 3.93. The topological polar surface area (TPSA) is 51.0 Å². The summed E-state index contributed by atoms with van der Waals surface area (Å²) >= 11 is 1.71. The maximum Gasteiger partial charge on any atom is 0.264 e. The SMILES string of the molecule is Cn1cnnc1C1CCCCN1C(=O)c1cc2c(s1)CCCC2. The van der Waals surface area contributed by atoms with Gasteiger partial charge in [-0.1, -0.05) is 0 Å². The first-order chi connectivity index (χ1) is 11.2. The summed E-state index contributed by atoms with van der Waals surface area (Å²) in [7, 11) is 1.95. The standard InChI is InChI=1S/C17H22N4OS/c1-20-11-18-19-16(20)13-7-4-5-9-21(13)17(22)15-10-12-6-2-3-8-14(12)23-15/h10-11,13H,2-9H2,1H3. The number of aryl methyl sites for hydroxylation is 3. The van der Waals surface area contributed by atoms with E-state index in [1.807, 2.05) is 16.5 Å². The highest BCUT2D eigenvalue weighted by atomic mass is 32.1. The number of amides is 1. The van der Waals surface area contributed by atoms with Gasteiger partial charge in [-0.25, -0.2) is 0 Å². The monoisotopic (exact) mass is 330 g/mol. The highest BCUT2D eigenvalue weighted by Gasteiger charge is 2.32. The molecular formula is C17H22N4OS. The second kappa shape index (κ2) is 6.07. The molecule has 1 aliphatic carbocycles. The van der Waals surface area contributed by atoms with Crippen molar-refractivity contribution in [3.8, 4) is 0 Å². The third-order valence-electron chi connectivity index (χ3n) is 5.02. The number of nitrogens with zero attached hydrogens (tertiary/aromatic N) is 4. The Balaban J connectivity index is 1.63. The Hall–Kier alpha value is -1.69. The van der Waals surface area contributed by atoms with Crippen LogP contribution < -0.4 is 0 Å². The van der Waals surface area contributed by atoms with Gasteiger partial charge in [0.2, 0.25) is 0 Å². The number of carbonyl (C=O) groups is 1. The Morgan fingerprint density at radius 2 is 2.13 bits per heavy atom. The van der Waals surface area contributed by atoms with Crippen LogP contribution in [0.1, 0.15) is 64.1 Å². The molecule has 1 amide bonds. The van der Waals surface area contributed by atoms with Crippen LogP contribution in [0.25, 0.3) is 0 Å². The fourth-order valence-electron chi connectivity index (χ4n) is 3.77. The van der Waals surface area contributed by atoms with E-state index < -0.39 is 0 Å². The van der Waals surface area contributed by atoms with Crippen molar-refractivity contribution in [1.29, 1.82) is 0 Å². The molecule has 2 aromatic heterocycles. The molecule has 0 N–H and O–H groups in total. The highest BCUT2D eigenvalue weighted by molar-refractivity contribution is 7.14. The zero-order valence-corrected chi connectivity index (χ0v) is 14.3. The number of thiophene rings is 1. The maximum absolute atomic E-state index is 13.1. The van der Waals surface area contributed by atoms with E-state index in [0.29, 0.717) is 0 Å². The molecule has 1 fully saturated rings. The summed E-state index contributed by atoms with van der Waals surface area (Å²) in [6, 6.07) is 2.20. The third-order valence-corrected chi connectivity index (χ3v) is 6.24. The average molecular weight is 330 g/mol. The summed E-state index contributed by atoms with van der Waals surface area (Å²) in [6.07, 6.45) is 9.69. The molecule has 3 heterocycles. The van der Waals surface area contributed by atoms with Crippen molar-refractivity contribution >= 4 is 17.2 Å². The fraction of sp³-hybridized carbons (Fsp3) is 0.588. The summed E-state index contributed by atoms with van der Waals surface area (Å²) < 4.78 is 1.94. The van der Waals surface area contributed by atoms with Gasteiger partial charge in [0.05, 0.1) is 10.9 Å². The Morgan fingerprint density at radius 1 is 1.26 bits per heavy atom. The van der Waals surface area contributed by atoms with Crippen LogP contribution in [0, 0.1) is 0 Å². The molecule has 0 aromatic carbocycles. The summed E-state index contributed by atoms with van der Waals surface area (Å²) in [5.41, 5.74) is 1.40. The minimum Gasteiger partial charge on any atom is -0.328 e. The van der Waals surface area contributed by atoms with Crippen molar-refractivity contribution < 1.29 is 4.79 Å². The molecule has 5 nitrogen and oxygen atoms in total. The average Bonchev–Trinajstić information content (AvgIpc) is 3.20. The Morgan fingerprint density at radius 3 is 2.91 bits per heavy atom. The van der Waals surface area contributed by atoms with Crippen molar-refractivity contribution in [3.05, 3.63) is 33.5 Å². The molecule has 0 bridgehead atoms. The first kappa shape index (κ1) is 14.9. The van der Waals surface area contributed by atoms with Gasteiger partial charge in [-0.3, -0.25) is 4.79 Å². The zero-order chi connectivity index (χ0) is 15.8. The summed E-state index contributed by atoms with van der Waals surface area (Å²) in [6.45, 7) is 0.818. The molecule has 2 aliphatic rings. The molecule has 2 aromatic rings. The van der Waals surface area contributed by atoms with Crippen LogP contribution in [0.15, 0.2) is 12.4 Å². The highest BCUT2D eigenvalue weighted by Crippen LogP contribution is 2.34. The van der Waals surface area contributed by atoms with Gasteiger partial charge in [-0.05, 0) is 56.6 Å². The second-order valence-electron chi connectivity index (χ2n) is 6.58. The number of rotatable bonds is 2. The first-order valence-electron chi connectivity index (χ1n) is 8.50. The van der Waals surface area contributed by atoms with Gasteiger partial charge in [0.1, 0.15) is 6.33 Å². The van der Waals surface area contributed by atoms with Crippen molar-refractivity contribution in [3.63, 3.8) is 0 Å². The number of carbonyl (C=O) groups excluding carboxylic acids is 1. The Labute approximate surface area is 140 Å². The number of fused-ring (bicyclic) bond motifs is 1. The molecule has 4 rings (SSSR count). The van der Waals surface area contributed by atoms with E-state index in [1.54, 1.807) is 17.7 Å². The van der Waals surface area contributed by atoms with Gasteiger partial charge in [-0.2, -0.15) is 0 Å². The summed E-state index contributed by atoms with van der Waals surface area (Å²) in [4.78, 5) is 17.5. The van der Waals surface area contributed by atoms with E-state index in [4.69, 9.17) is 0 Å². The quantitative estimate of drug-likeness (QED) is 0.850. The van der Waals surface area contributed by atoms with Crippen molar-refractivity contribution in [1.82, 2.24) is 19.7 Å². The van der Waals surface area contributed by atoms with Crippen molar-refractivity contribution in [2.45, 2.75) is 51.0 Å². The van der Waals surface area contributed by atoms with Crippen LogP contribution in [0.2, 0.25) is 0 Å². The maximum atomic E-state index is 13.1. The molecule has 1 aliphatic heterocycles. The van der Waals surface area contributed by atoms with Gasteiger partial charge in [0.25, 0.3) is 5.91 Å². The minimum atomic E-state index is 0.0582. The number of likely N-dealkylation sites (tertiary alicyclic amines) is 1. The molecule has 1 saturated heterocycles. The van der Waals surface area contributed by atoms with E-state index in [9.17, 15) is 4.79 Å². The number of aromatic nitrogens is 3. The lowest BCUT2D eigenvalue weighted by Crippen LogP contribution is -2.39. The predicted molar refractivity (Wildman–Crippen MR) is 89.6 cm³/mol. The third kappa shape index (κ3) is 2.69. The molecule has 122 valence electrons. The van der Waals surface area contributed by atoms with Crippen LogP contribution in [-0.2, 0) is 19.9 Å². The van der Waals surface area contributed by atoms with Gasteiger partial charge in [0, 0.05) is 18.5 Å². The second-order valence-corrected chi connectivity index (χ2v) is 7.71. The number of hydrogen-bond donors (Lipinski definition) is 0. The van der Waals surface area contributed by atoms with Gasteiger partial charge < -0.3 is 9.47 Å². The molecule has 1 atom stereocenters. The van der Waals surface area contributed by atoms with Crippen LogP contribution in [0.4, 0.5) is 0 Å². The lowest BCUT2D eigenvalue weighted by Gasteiger charge is -2.34. The lowest BCUT2D eigenvalue weighted by molar-refractivity contribution is 0.0601. The molecule has 23 heavy (non-hydrogen) atoms. The zero-order valence-electron chi connectivity index (χ0n) is 13.5. The molecule has 0 radical (unpaired) electrons. The smallest absolute Gasteiger partial charge is 0.264 e. The van der Waals surface area contributed by atoms with E-state index in [0.717, 1.165) is 49.4 Å². The molecule has 1 unspecified atom stereocenters. The van der Waals surface area contributed by atoms with E-state index in [1.165, 1.54) is 23.3 Å². The molecule has 0 saturated carbocycles. The van der Waals surface area contributed by atoms with Crippen LogP contribution in [0.3, 0.4) is 0 Å².